The summed E-state index contributed by atoms with van der Waals surface area (Å²) in [4.78, 5) is 22.0. The summed E-state index contributed by atoms with van der Waals surface area (Å²) in [6, 6.07) is 3.44. The molecule has 1 aliphatic heterocycles. The molecule has 1 atom stereocenters. The lowest BCUT2D eigenvalue weighted by Crippen LogP contribution is -2.45. The molecule has 1 amide bonds. The Bertz CT molecular complexity index is 752. The molecular weight excluding hydrogens is 386 g/mol. The van der Waals surface area contributed by atoms with E-state index in [0.29, 0.717) is 0 Å². The number of anilines is 1. The van der Waals surface area contributed by atoms with E-state index in [1.54, 1.807) is 0 Å². The minimum atomic E-state index is -4.03. The summed E-state index contributed by atoms with van der Waals surface area (Å²) in [5, 5.41) is 25.0. The Morgan fingerprint density at radius 3 is 2.73 bits per heavy atom. The number of carbonyl (C=O) groups excluding carboxylic acids is 1. The van der Waals surface area contributed by atoms with Crippen LogP contribution in [0.3, 0.4) is 0 Å². The number of nitrogens with one attached hydrogen (secondary N) is 3. The van der Waals surface area contributed by atoms with Crippen molar-refractivity contribution >= 4 is 39.7 Å². The Morgan fingerprint density at radius 2 is 2.15 bits per heavy atom. The van der Waals surface area contributed by atoms with Crippen LogP contribution in [-0.2, 0) is 14.8 Å². The fourth-order valence-corrected chi connectivity index (χ4v) is 3.11. The molecule has 12 heteroatoms. The third-order valence-electron chi connectivity index (χ3n) is 3.82. The number of primary sulfonamides is 1. The van der Waals surface area contributed by atoms with Crippen LogP contribution in [0.2, 0.25) is 0 Å². The fraction of sp³-hybridized carbons (Fsp3) is 0.500. The smallest absolute Gasteiger partial charge is 0.293 e. The van der Waals surface area contributed by atoms with E-state index in [9.17, 15) is 23.3 Å². The third kappa shape index (κ3) is 6.41. The highest BCUT2D eigenvalue weighted by molar-refractivity contribution is 7.89. The number of piperidine rings is 1. The minimum absolute atomic E-state index is 0. The molecule has 1 saturated heterocycles. The number of nitrogens with zero attached hydrogens (tertiary/aromatic N) is 1. The molecular formula is C14H22ClN5O5S. The molecule has 0 bridgehead atoms. The van der Waals surface area contributed by atoms with Crippen molar-refractivity contribution in [2.75, 3.05) is 25.0 Å². The van der Waals surface area contributed by atoms with E-state index in [2.05, 4.69) is 16.0 Å². The van der Waals surface area contributed by atoms with Crippen LogP contribution in [0.4, 0.5) is 11.4 Å². The van der Waals surface area contributed by atoms with Gasteiger partial charge < -0.3 is 16.0 Å². The first-order valence-corrected chi connectivity index (χ1v) is 9.37. The Labute approximate surface area is 157 Å². The van der Waals surface area contributed by atoms with Gasteiger partial charge in [0.15, 0.2) is 0 Å². The van der Waals surface area contributed by atoms with E-state index in [4.69, 9.17) is 5.14 Å². The van der Waals surface area contributed by atoms with Gasteiger partial charge in [0.2, 0.25) is 15.9 Å². The molecule has 0 spiro atoms. The topological polar surface area (TPSA) is 156 Å². The van der Waals surface area contributed by atoms with Crippen LogP contribution in [0, 0.1) is 10.1 Å². The summed E-state index contributed by atoms with van der Waals surface area (Å²) in [7, 11) is -4.03. The molecule has 26 heavy (non-hydrogen) atoms. The van der Waals surface area contributed by atoms with Gasteiger partial charge in [0.05, 0.1) is 9.82 Å². The number of nitro groups is 1. The highest BCUT2D eigenvalue weighted by Gasteiger charge is 2.19. The highest BCUT2D eigenvalue weighted by Crippen LogP contribution is 2.27. The molecule has 2 rings (SSSR count). The second-order valence-electron chi connectivity index (χ2n) is 5.77. The van der Waals surface area contributed by atoms with Gasteiger partial charge in [0.1, 0.15) is 5.69 Å². The number of rotatable bonds is 7. The lowest BCUT2D eigenvalue weighted by atomic mass is 10.1. The maximum absolute atomic E-state index is 11.9. The van der Waals surface area contributed by atoms with Gasteiger partial charge in [-0.15, -0.1) is 12.4 Å². The van der Waals surface area contributed by atoms with Crippen LogP contribution in [-0.4, -0.2) is 44.9 Å². The van der Waals surface area contributed by atoms with Crippen LogP contribution in [0.5, 0.6) is 0 Å². The maximum Gasteiger partial charge on any atom is 0.293 e. The predicted octanol–water partition coefficient (Wildman–Crippen LogP) is 0.334. The average molecular weight is 408 g/mol. The molecule has 0 radical (unpaired) electrons. The van der Waals surface area contributed by atoms with Crippen LogP contribution >= 0.6 is 12.4 Å². The molecule has 5 N–H and O–H groups in total. The van der Waals surface area contributed by atoms with Gasteiger partial charge in [-0.3, -0.25) is 14.9 Å². The zero-order valence-electron chi connectivity index (χ0n) is 13.9. The SMILES string of the molecule is Cl.NS(=O)(=O)c1ccc(NCCC(=O)NC2CCCNC2)c([N+](=O)[O-])c1. The molecule has 0 aliphatic carbocycles. The Kier molecular flexibility index (Phi) is 8.21. The van der Waals surface area contributed by atoms with Crippen molar-refractivity contribution in [3.05, 3.63) is 28.3 Å². The quantitative estimate of drug-likeness (QED) is 0.374. The van der Waals surface area contributed by atoms with E-state index in [0.717, 1.165) is 32.0 Å². The zero-order valence-corrected chi connectivity index (χ0v) is 15.6. The largest absolute Gasteiger partial charge is 0.379 e. The Morgan fingerprint density at radius 1 is 1.42 bits per heavy atom. The van der Waals surface area contributed by atoms with Gasteiger partial charge in [0.25, 0.3) is 5.69 Å². The van der Waals surface area contributed by atoms with E-state index >= 15 is 0 Å². The maximum atomic E-state index is 11.9. The summed E-state index contributed by atoms with van der Waals surface area (Å²) in [5.41, 5.74) is -0.284. The van der Waals surface area contributed by atoms with Gasteiger partial charge in [-0.1, -0.05) is 0 Å². The number of amides is 1. The van der Waals surface area contributed by atoms with Crippen molar-refractivity contribution in [1.29, 1.82) is 0 Å². The normalized spacial score (nSPS) is 17.0. The number of halogens is 1. The second kappa shape index (κ2) is 9.67. The number of sulfonamides is 1. The molecule has 1 aromatic rings. The summed E-state index contributed by atoms with van der Waals surface area (Å²) < 4.78 is 22.6. The Balaban J connectivity index is 0.00000338. The highest BCUT2D eigenvalue weighted by atomic mass is 35.5. The molecule has 1 heterocycles. The van der Waals surface area contributed by atoms with Gasteiger partial charge in [0, 0.05) is 31.6 Å². The molecule has 1 aliphatic rings. The van der Waals surface area contributed by atoms with Crippen molar-refractivity contribution in [3.63, 3.8) is 0 Å². The van der Waals surface area contributed by atoms with Gasteiger partial charge in [-0.05, 0) is 31.5 Å². The van der Waals surface area contributed by atoms with E-state index in [1.807, 2.05) is 0 Å². The summed E-state index contributed by atoms with van der Waals surface area (Å²) in [5.74, 6) is -0.148. The lowest BCUT2D eigenvalue weighted by Gasteiger charge is -2.23. The van der Waals surface area contributed by atoms with Crippen molar-refractivity contribution < 1.29 is 18.1 Å². The van der Waals surface area contributed by atoms with Gasteiger partial charge in [-0.25, -0.2) is 13.6 Å². The number of benzene rings is 1. The molecule has 0 saturated carbocycles. The van der Waals surface area contributed by atoms with E-state index in [1.165, 1.54) is 12.1 Å². The number of nitro benzene ring substituents is 1. The van der Waals surface area contributed by atoms with E-state index < -0.39 is 20.6 Å². The molecule has 10 nitrogen and oxygen atoms in total. The first kappa shape index (κ1) is 22.1. The first-order valence-electron chi connectivity index (χ1n) is 7.82. The van der Waals surface area contributed by atoms with Crippen LogP contribution in [0.1, 0.15) is 19.3 Å². The first-order chi connectivity index (χ1) is 11.8. The number of hydrogen-bond acceptors (Lipinski definition) is 7. The van der Waals surface area contributed by atoms with Crippen LogP contribution in [0.15, 0.2) is 23.1 Å². The fourth-order valence-electron chi connectivity index (χ4n) is 2.57. The number of hydrogen-bond donors (Lipinski definition) is 4. The third-order valence-corrected chi connectivity index (χ3v) is 4.73. The standard InChI is InChI=1S/C14H21N5O5S.ClH/c15-25(23,24)11-3-4-12(13(8-11)19(21)22)17-7-5-14(20)18-10-2-1-6-16-9-10;/h3-4,8,10,16-17H,1-2,5-7,9H2,(H,18,20)(H2,15,23,24);1H. The summed E-state index contributed by atoms with van der Waals surface area (Å²) in [6.07, 6.45) is 2.07. The lowest BCUT2D eigenvalue weighted by molar-refractivity contribution is -0.384. The van der Waals surface area contributed by atoms with Crippen LogP contribution < -0.4 is 21.1 Å². The number of nitrogens with two attached hydrogens (primary N) is 1. The zero-order chi connectivity index (χ0) is 18.4. The van der Waals surface area contributed by atoms with Crippen molar-refractivity contribution in [1.82, 2.24) is 10.6 Å². The summed E-state index contributed by atoms with van der Waals surface area (Å²) in [6.45, 7) is 1.87. The Hall–Kier alpha value is -1.95. The monoisotopic (exact) mass is 407 g/mol. The van der Waals surface area contributed by atoms with Crippen molar-refractivity contribution in [2.45, 2.75) is 30.2 Å². The van der Waals surface area contributed by atoms with Crippen molar-refractivity contribution in [3.8, 4) is 0 Å². The molecule has 1 aromatic carbocycles. The van der Waals surface area contributed by atoms with Crippen LogP contribution in [0.25, 0.3) is 0 Å². The van der Waals surface area contributed by atoms with Gasteiger partial charge in [-0.2, -0.15) is 0 Å². The van der Waals surface area contributed by atoms with Gasteiger partial charge >= 0.3 is 0 Å². The van der Waals surface area contributed by atoms with E-state index in [-0.39, 0.29) is 47.9 Å². The molecule has 1 fully saturated rings. The molecule has 146 valence electrons. The molecule has 0 aromatic heterocycles. The molecule has 1 unspecified atom stereocenters. The average Bonchev–Trinajstić information content (AvgIpc) is 2.54. The van der Waals surface area contributed by atoms with Crippen molar-refractivity contribution in [2.24, 2.45) is 5.14 Å². The number of carbonyl (C=O) groups is 1. The summed E-state index contributed by atoms with van der Waals surface area (Å²) >= 11 is 0. The predicted molar refractivity (Wildman–Crippen MR) is 98.9 cm³/mol. The minimum Gasteiger partial charge on any atom is -0.379 e. The second-order valence-corrected chi connectivity index (χ2v) is 7.33.